The number of carbonyl (C=O) groups is 2. The van der Waals surface area contributed by atoms with Crippen LogP contribution in [-0.4, -0.2) is 52.1 Å². The third-order valence-corrected chi connectivity index (χ3v) is 8.78. The maximum absolute atomic E-state index is 13.2. The molecule has 156 valence electrons. The van der Waals surface area contributed by atoms with Gasteiger partial charge >= 0.3 is 0 Å². The molecule has 5 aliphatic rings. The van der Waals surface area contributed by atoms with Gasteiger partial charge in [0.2, 0.25) is 5.91 Å². The third kappa shape index (κ3) is 3.75. The van der Waals surface area contributed by atoms with Crippen molar-refractivity contribution < 1.29 is 9.59 Å². The minimum absolute atomic E-state index is 0.0828. The first-order valence-corrected chi connectivity index (χ1v) is 12.0. The third-order valence-electron chi connectivity index (χ3n) is 7.86. The highest BCUT2D eigenvalue weighted by Gasteiger charge is 2.57. The van der Waals surface area contributed by atoms with Gasteiger partial charge in [-0.3, -0.25) is 9.59 Å². The van der Waals surface area contributed by atoms with Gasteiger partial charge in [0.05, 0.1) is 0 Å². The number of rotatable bonds is 3. The van der Waals surface area contributed by atoms with Crippen LogP contribution in [-0.2, 0) is 4.79 Å². The maximum Gasteiger partial charge on any atom is 0.253 e. The number of carbonyl (C=O) groups excluding carboxylic acids is 2. The van der Waals surface area contributed by atoms with Crippen molar-refractivity contribution >= 4 is 27.7 Å². The Morgan fingerprint density at radius 2 is 1.55 bits per heavy atom. The van der Waals surface area contributed by atoms with E-state index in [-0.39, 0.29) is 11.3 Å². The topological polar surface area (TPSA) is 40.6 Å². The van der Waals surface area contributed by atoms with E-state index in [0.29, 0.717) is 42.8 Å². The monoisotopic (exact) mass is 458 g/mol. The highest BCUT2D eigenvalue weighted by molar-refractivity contribution is 9.10. The molecule has 6 rings (SSSR count). The molecule has 2 atom stereocenters. The first kappa shape index (κ1) is 19.6. The van der Waals surface area contributed by atoms with E-state index in [0.717, 1.165) is 23.0 Å². The summed E-state index contributed by atoms with van der Waals surface area (Å²) in [6.07, 6.45) is 8.36. The zero-order valence-corrected chi connectivity index (χ0v) is 18.9. The van der Waals surface area contributed by atoms with E-state index in [4.69, 9.17) is 0 Å². The van der Waals surface area contributed by atoms with Crippen LogP contribution >= 0.6 is 15.9 Å². The van der Waals surface area contributed by atoms with Gasteiger partial charge in [0.15, 0.2) is 0 Å². The lowest BCUT2D eigenvalue weighted by molar-refractivity contribution is -0.139. The lowest BCUT2D eigenvalue weighted by Gasteiger charge is -2.60. The van der Waals surface area contributed by atoms with Crippen molar-refractivity contribution in [3.63, 3.8) is 0 Å². The van der Waals surface area contributed by atoms with Crippen LogP contribution in [0.5, 0.6) is 0 Å². The van der Waals surface area contributed by atoms with Gasteiger partial charge in [-0.05, 0) is 74.8 Å². The molecule has 4 saturated carbocycles. The molecule has 4 aliphatic carbocycles. The van der Waals surface area contributed by atoms with E-state index in [9.17, 15) is 9.59 Å². The summed E-state index contributed by atoms with van der Waals surface area (Å²) in [5.41, 5.74) is 2.12. The van der Waals surface area contributed by atoms with Crippen LogP contribution in [0.3, 0.4) is 0 Å². The van der Waals surface area contributed by atoms with Crippen LogP contribution < -0.4 is 0 Å². The molecule has 1 aromatic rings. The van der Waals surface area contributed by atoms with Crippen molar-refractivity contribution in [2.24, 2.45) is 17.3 Å². The summed E-state index contributed by atoms with van der Waals surface area (Å²) in [5.74, 6) is 2.02. The lowest BCUT2D eigenvalue weighted by atomic mass is 9.48. The molecule has 1 aliphatic heterocycles. The molecule has 0 N–H and O–H groups in total. The maximum atomic E-state index is 13.2. The molecule has 2 amide bonds. The molecule has 5 fully saturated rings. The molecule has 4 nitrogen and oxygen atoms in total. The molecule has 2 unspecified atom stereocenters. The number of nitrogens with zero attached hydrogens (tertiary/aromatic N) is 2. The molecule has 1 saturated heterocycles. The van der Waals surface area contributed by atoms with Crippen LogP contribution in [0.4, 0.5) is 0 Å². The second kappa shape index (κ2) is 7.11. The summed E-state index contributed by atoms with van der Waals surface area (Å²) in [6.45, 7) is 4.63. The summed E-state index contributed by atoms with van der Waals surface area (Å²) < 4.78 is 0.302. The fourth-order valence-electron chi connectivity index (χ4n) is 7.01. The summed E-state index contributed by atoms with van der Waals surface area (Å²) >= 11 is 4.06. The minimum Gasteiger partial charge on any atom is -0.339 e. The second-order valence-corrected chi connectivity index (χ2v) is 12.0. The van der Waals surface area contributed by atoms with Crippen molar-refractivity contribution in [1.29, 1.82) is 0 Å². The molecule has 4 bridgehead atoms. The van der Waals surface area contributed by atoms with Crippen molar-refractivity contribution in [3.8, 4) is 0 Å². The smallest absolute Gasteiger partial charge is 0.253 e. The molecule has 29 heavy (non-hydrogen) atoms. The van der Waals surface area contributed by atoms with Gasteiger partial charge in [-0.2, -0.15) is 0 Å². The Hall–Kier alpha value is -1.36. The van der Waals surface area contributed by atoms with E-state index in [2.05, 4.69) is 15.9 Å². The Balaban J connectivity index is 1.19. The number of piperazine rings is 1. The van der Waals surface area contributed by atoms with Gasteiger partial charge in [0.25, 0.3) is 5.91 Å². The molecule has 1 heterocycles. The fraction of sp³-hybridized carbons (Fsp3) is 0.667. The second-order valence-electron chi connectivity index (χ2n) is 10.3. The zero-order chi connectivity index (χ0) is 20.2. The van der Waals surface area contributed by atoms with Crippen LogP contribution in [0.25, 0.3) is 0 Å². The summed E-state index contributed by atoms with van der Waals surface area (Å²) in [6, 6.07) is 7.76. The van der Waals surface area contributed by atoms with Gasteiger partial charge in [0.1, 0.15) is 0 Å². The van der Waals surface area contributed by atoms with Crippen LogP contribution in [0.15, 0.2) is 24.3 Å². The number of alkyl halides is 1. The zero-order valence-electron chi connectivity index (χ0n) is 17.3. The number of benzene rings is 1. The number of amides is 2. The molecule has 0 spiro atoms. The lowest BCUT2D eigenvalue weighted by Crippen LogP contribution is -2.55. The number of halogens is 1. The quantitative estimate of drug-likeness (QED) is 0.629. The first-order valence-electron chi connectivity index (χ1n) is 11.2. The average molecular weight is 459 g/mol. The Labute approximate surface area is 182 Å². The van der Waals surface area contributed by atoms with Gasteiger partial charge in [-0.15, -0.1) is 0 Å². The Bertz CT molecular complexity index is 799. The van der Waals surface area contributed by atoms with Gasteiger partial charge < -0.3 is 9.80 Å². The van der Waals surface area contributed by atoms with Gasteiger partial charge in [-0.1, -0.05) is 33.6 Å². The van der Waals surface area contributed by atoms with Crippen LogP contribution in [0.2, 0.25) is 0 Å². The Morgan fingerprint density at radius 3 is 2.14 bits per heavy atom. The van der Waals surface area contributed by atoms with Crippen molar-refractivity contribution in [1.82, 2.24) is 9.80 Å². The molecule has 0 aromatic heterocycles. The summed E-state index contributed by atoms with van der Waals surface area (Å²) in [5, 5.41) is 0. The predicted molar refractivity (Wildman–Crippen MR) is 117 cm³/mol. The molecular weight excluding hydrogens is 428 g/mol. The fourth-order valence-corrected chi connectivity index (χ4v) is 8.52. The Morgan fingerprint density at radius 1 is 0.966 bits per heavy atom. The average Bonchev–Trinajstić information content (AvgIpc) is 2.66. The normalized spacial score (nSPS) is 35.8. The molecular formula is C24H31BrN2O2. The van der Waals surface area contributed by atoms with Crippen molar-refractivity contribution in [2.75, 3.05) is 26.2 Å². The molecule has 0 radical (unpaired) electrons. The summed E-state index contributed by atoms with van der Waals surface area (Å²) in [7, 11) is 0. The van der Waals surface area contributed by atoms with E-state index >= 15 is 0 Å². The summed E-state index contributed by atoms with van der Waals surface area (Å²) in [4.78, 5) is 29.8. The van der Waals surface area contributed by atoms with Crippen LogP contribution in [0.1, 0.15) is 60.9 Å². The predicted octanol–water partition coefficient (Wildman–Crippen LogP) is 4.40. The number of hydrogen-bond acceptors (Lipinski definition) is 2. The van der Waals surface area contributed by atoms with Crippen molar-refractivity contribution in [3.05, 3.63) is 35.4 Å². The minimum atomic E-state index is 0.0828. The molecule has 1 aromatic carbocycles. The van der Waals surface area contributed by atoms with Crippen LogP contribution in [0, 0.1) is 24.2 Å². The van der Waals surface area contributed by atoms with E-state index in [1.54, 1.807) is 0 Å². The van der Waals surface area contributed by atoms with Gasteiger partial charge in [0, 0.05) is 42.5 Å². The number of aryl methyl sites for hydroxylation is 1. The van der Waals surface area contributed by atoms with E-state index in [1.165, 1.54) is 38.5 Å². The Kier molecular flexibility index (Phi) is 4.80. The highest BCUT2D eigenvalue weighted by atomic mass is 79.9. The largest absolute Gasteiger partial charge is 0.339 e. The van der Waals surface area contributed by atoms with Crippen molar-refractivity contribution in [2.45, 2.75) is 56.2 Å². The highest BCUT2D eigenvalue weighted by Crippen LogP contribution is 2.65. The molecule has 5 heteroatoms. The van der Waals surface area contributed by atoms with Gasteiger partial charge in [-0.25, -0.2) is 0 Å². The van der Waals surface area contributed by atoms with E-state index in [1.807, 2.05) is 41.0 Å². The number of hydrogen-bond donors (Lipinski definition) is 0. The first-order chi connectivity index (χ1) is 13.8. The van der Waals surface area contributed by atoms with E-state index < -0.39 is 0 Å². The SMILES string of the molecule is Cc1ccc(C(=O)N2CCN(C(=O)CC34CC5CC(CC(Br)(C5)C3)C4)CC2)cc1. The standard InChI is InChI=1S/C24H31BrN2O2/c1-17-2-4-20(5-3-17)22(29)27-8-6-26(7-9-27)21(28)15-23-11-18-10-19(12-23)14-24(25,13-18)16-23/h2-5,18-19H,6-16H2,1H3.